The lowest BCUT2D eigenvalue weighted by Gasteiger charge is -2.23. The van der Waals surface area contributed by atoms with Gasteiger partial charge in [-0.3, -0.25) is 11.3 Å². The van der Waals surface area contributed by atoms with E-state index >= 15 is 0 Å². The lowest BCUT2D eigenvalue weighted by molar-refractivity contribution is 0.364. The van der Waals surface area contributed by atoms with Gasteiger partial charge in [0.05, 0.1) is 13.2 Å². The van der Waals surface area contributed by atoms with Crippen LogP contribution in [0.3, 0.4) is 0 Å². The van der Waals surface area contributed by atoms with Crippen molar-refractivity contribution in [2.45, 2.75) is 18.9 Å². The molecule has 1 unspecified atom stereocenters. The van der Waals surface area contributed by atoms with Gasteiger partial charge >= 0.3 is 0 Å². The molecule has 2 aromatic carbocycles. The van der Waals surface area contributed by atoms with Crippen molar-refractivity contribution >= 4 is 0 Å². The highest BCUT2D eigenvalue weighted by molar-refractivity contribution is 5.36. The van der Waals surface area contributed by atoms with Crippen molar-refractivity contribution in [1.82, 2.24) is 5.43 Å². The molecule has 1 aliphatic carbocycles. The van der Waals surface area contributed by atoms with Gasteiger partial charge in [0.15, 0.2) is 0 Å². The zero-order valence-corrected chi connectivity index (χ0v) is 12.0. The normalized spacial score (nSPS) is 15.8. The van der Waals surface area contributed by atoms with Gasteiger partial charge in [0, 0.05) is 11.6 Å². The van der Waals surface area contributed by atoms with Gasteiger partial charge in [-0.2, -0.15) is 0 Å². The van der Waals surface area contributed by atoms with Crippen molar-refractivity contribution in [1.29, 1.82) is 0 Å². The van der Waals surface area contributed by atoms with Crippen molar-refractivity contribution in [3.63, 3.8) is 0 Å². The average molecular weight is 286 g/mol. The second-order valence-electron chi connectivity index (χ2n) is 5.47. The number of hydrazine groups is 1. The van der Waals surface area contributed by atoms with Crippen molar-refractivity contribution in [2.75, 3.05) is 7.11 Å². The number of rotatable bonds is 4. The Labute approximate surface area is 123 Å². The molecule has 0 saturated carbocycles. The van der Waals surface area contributed by atoms with Crippen LogP contribution < -0.4 is 16.0 Å². The summed E-state index contributed by atoms with van der Waals surface area (Å²) in [6, 6.07) is 13.1. The summed E-state index contributed by atoms with van der Waals surface area (Å²) in [6.45, 7) is 0. The van der Waals surface area contributed by atoms with E-state index < -0.39 is 0 Å². The van der Waals surface area contributed by atoms with E-state index in [-0.39, 0.29) is 17.8 Å². The Kier molecular flexibility index (Phi) is 3.90. The van der Waals surface area contributed by atoms with Crippen molar-refractivity contribution in [3.05, 3.63) is 65.0 Å². The van der Waals surface area contributed by atoms with Crippen molar-refractivity contribution < 1.29 is 9.13 Å². The smallest absolute Gasteiger partial charge is 0.131 e. The van der Waals surface area contributed by atoms with Gasteiger partial charge in [-0.05, 0) is 36.0 Å². The Balaban J connectivity index is 1.87. The first-order valence-corrected chi connectivity index (χ1v) is 7.09. The molecule has 3 rings (SSSR count). The highest BCUT2D eigenvalue weighted by atomic mass is 19.1. The van der Waals surface area contributed by atoms with E-state index in [1.165, 1.54) is 24.3 Å². The van der Waals surface area contributed by atoms with E-state index in [2.05, 4.69) is 17.6 Å². The monoisotopic (exact) mass is 286 g/mol. The molecule has 0 heterocycles. The molecule has 0 bridgehead atoms. The summed E-state index contributed by atoms with van der Waals surface area (Å²) in [5, 5.41) is 0. The summed E-state index contributed by atoms with van der Waals surface area (Å²) >= 11 is 0. The SMILES string of the molecule is COc1ccc(C(NN)C2Cc3ccccc3C2)c(F)c1. The van der Waals surface area contributed by atoms with Crippen LogP contribution >= 0.6 is 0 Å². The second kappa shape index (κ2) is 5.84. The van der Waals surface area contributed by atoms with Crippen LogP contribution in [0.1, 0.15) is 22.7 Å². The standard InChI is InChI=1S/C17H19FN2O/c1-21-14-6-7-15(16(18)10-14)17(20-19)13-8-11-4-2-3-5-12(11)9-13/h2-7,10,13,17,20H,8-9,19H2,1H3. The molecule has 1 atom stereocenters. The summed E-state index contributed by atoms with van der Waals surface area (Å²) < 4.78 is 19.3. The lowest BCUT2D eigenvalue weighted by atomic mass is 9.90. The molecule has 0 amide bonds. The van der Waals surface area contributed by atoms with Gasteiger partial charge < -0.3 is 4.74 Å². The zero-order valence-electron chi connectivity index (χ0n) is 12.0. The summed E-state index contributed by atoms with van der Waals surface area (Å²) in [5.41, 5.74) is 6.05. The molecule has 0 radical (unpaired) electrons. The summed E-state index contributed by atoms with van der Waals surface area (Å²) in [6.07, 6.45) is 1.83. The second-order valence-corrected chi connectivity index (χ2v) is 5.47. The van der Waals surface area contributed by atoms with E-state index in [0.717, 1.165) is 12.8 Å². The first-order valence-electron chi connectivity index (χ1n) is 7.09. The fourth-order valence-electron chi connectivity index (χ4n) is 3.20. The number of hydrogen-bond acceptors (Lipinski definition) is 3. The van der Waals surface area contributed by atoms with Gasteiger partial charge in [0.1, 0.15) is 11.6 Å². The number of methoxy groups -OCH3 is 1. The minimum Gasteiger partial charge on any atom is -0.497 e. The van der Waals surface area contributed by atoms with Crippen LogP contribution in [-0.4, -0.2) is 7.11 Å². The van der Waals surface area contributed by atoms with Gasteiger partial charge in [0.25, 0.3) is 0 Å². The third-order valence-electron chi connectivity index (χ3n) is 4.28. The molecule has 3 N–H and O–H groups in total. The number of halogens is 1. The van der Waals surface area contributed by atoms with Crippen LogP contribution in [0, 0.1) is 11.7 Å². The van der Waals surface area contributed by atoms with Gasteiger partial charge in [0.2, 0.25) is 0 Å². The van der Waals surface area contributed by atoms with E-state index in [1.54, 1.807) is 12.1 Å². The van der Waals surface area contributed by atoms with Crippen LogP contribution in [0.15, 0.2) is 42.5 Å². The first kappa shape index (κ1) is 14.0. The van der Waals surface area contributed by atoms with E-state index in [4.69, 9.17) is 10.6 Å². The summed E-state index contributed by atoms with van der Waals surface area (Å²) in [7, 11) is 1.53. The van der Waals surface area contributed by atoms with Gasteiger partial charge in [-0.1, -0.05) is 30.3 Å². The Morgan fingerprint density at radius 1 is 1.19 bits per heavy atom. The quantitative estimate of drug-likeness (QED) is 0.671. The summed E-state index contributed by atoms with van der Waals surface area (Å²) in [5.74, 6) is 6.20. The molecule has 4 heteroatoms. The van der Waals surface area contributed by atoms with Crippen molar-refractivity contribution in [3.8, 4) is 5.75 Å². The van der Waals surface area contributed by atoms with E-state index in [9.17, 15) is 4.39 Å². The highest BCUT2D eigenvalue weighted by Crippen LogP contribution is 2.36. The molecular formula is C17H19FN2O. The predicted molar refractivity (Wildman–Crippen MR) is 80.4 cm³/mol. The fraction of sp³-hybridized carbons (Fsp3) is 0.294. The molecule has 110 valence electrons. The van der Waals surface area contributed by atoms with Crippen LogP contribution in [0.2, 0.25) is 0 Å². The number of nitrogens with two attached hydrogens (primary N) is 1. The maximum absolute atomic E-state index is 14.3. The van der Waals surface area contributed by atoms with Crippen LogP contribution in [0.4, 0.5) is 4.39 Å². The molecule has 0 fully saturated rings. The molecule has 21 heavy (non-hydrogen) atoms. The minimum atomic E-state index is -0.284. The lowest BCUT2D eigenvalue weighted by Crippen LogP contribution is -2.34. The number of nitrogens with one attached hydrogen (secondary N) is 1. The fourth-order valence-corrected chi connectivity index (χ4v) is 3.20. The van der Waals surface area contributed by atoms with E-state index in [1.807, 2.05) is 12.1 Å². The Morgan fingerprint density at radius 2 is 1.86 bits per heavy atom. The van der Waals surface area contributed by atoms with Gasteiger partial charge in [-0.15, -0.1) is 0 Å². The van der Waals surface area contributed by atoms with Crippen molar-refractivity contribution in [2.24, 2.45) is 11.8 Å². The maximum atomic E-state index is 14.3. The Hall–Kier alpha value is -1.91. The Bertz CT molecular complexity index is 619. The minimum absolute atomic E-state index is 0.205. The molecule has 1 aliphatic rings. The molecule has 0 spiro atoms. The number of ether oxygens (including phenoxy) is 1. The van der Waals surface area contributed by atoms with E-state index in [0.29, 0.717) is 11.3 Å². The highest BCUT2D eigenvalue weighted by Gasteiger charge is 2.30. The van der Waals surface area contributed by atoms with Crippen LogP contribution in [0.5, 0.6) is 5.75 Å². The van der Waals surface area contributed by atoms with Crippen LogP contribution in [-0.2, 0) is 12.8 Å². The molecule has 0 aliphatic heterocycles. The summed E-state index contributed by atoms with van der Waals surface area (Å²) in [4.78, 5) is 0. The number of benzene rings is 2. The molecule has 3 nitrogen and oxygen atoms in total. The zero-order chi connectivity index (χ0) is 14.8. The molecule has 0 aromatic heterocycles. The topological polar surface area (TPSA) is 47.3 Å². The maximum Gasteiger partial charge on any atom is 0.131 e. The average Bonchev–Trinajstić information content (AvgIpc) is 2.93. The molecular weight excluding hydrogens is 267 g/mol. The largest absolute Gasteiger partial charge is 0.497 e. The third-order valence-corrected chi connectivity index (χ3v) is 4.28. The van der Waals surface area contributed by atoms with Gasteiger partial charge in [-0.25, -0.2) is 4.39 Å². The number of hydrogen-bond donors (Lipinski definition) is 2. The molecule has 2 aromatic rings. The first-order chi connectivity index (χ1) is 10.2. The predicted octanol–water partition coefficient (Wildman–Crippen LogP) is 2.75. The molecule has 0 saturated heterocycles. The number of fused-ring (bicyclic) bond motifs is 1. The Morgan fingerprint density at radius 3 is 2.38 bits per heavy atom. The van der Waals surface area contributed by atoms with Crippen LogP contribution in [0.25, 0.3) is 0 Å². The third kappa shape index (κ3) is 2.64.